The predicted molar refractivity (Wildman–Crippen MR) is 150 cm³/mol. The van der Waals surface area contributed by atoms with Gasteiger partial charge in [0.2, 0.25) is 5.91 Å². The molecule has 2 aromatic rings. The van der Waals surface area contributed by atoms with Crippen molar-refractivity contribution in [1.29, 1.82) is 0 Å². The number of hydrogen-bond acceptors (Lipinski definition) is 6. The second-order valence-electron chi connectivity index (χ2n) is 10.7. The van der Waals surface area contributed by atoms with Crippen LogP contribution in [-0.4, -0.2) is 63.6 Å². The highest BCUT2D eigenvalue weighted by atomic mass is 79.9. The van der Waals surface area contributed by atoms with Crippen molar-refractivity contribution in [1.82, 2.24) is 20.2 Å². The zero-order valence-corrected chi connectivity index (χ0v) is 24.2. The number of aliphatic hydroxyl groups is 1. The maximum Gasteiger partial charge on any atom is 0.231 e. The van der Waals surface area contributed by atoms with Crippen LogP contribution in [0.4, 0.5) is 5.82 Å². The minimum atomic E-state index is -0.510. The molecule has 5 rings (SSSR count). The third-order valence-electron chi connectivity index (χ3n) is 7.70. The van der Waals surface area contributed by atoms with Gasteiger partial charge >= 0.3 is 0 Å². The Kier molecular flexibility index (Phi) is 9.31. The normalized spacial score (nSPS) is 25.5. The first-order valence-electron chi connectivity index (χ1n) is 12.3. The van der Waals surface area contributed by atoms with Gasteiger partial charge in [0.1, 0.15) is 12.1 Å². The van der Waals surface area contributed by atoms with E-state index in [0.717, 1.165) is 53.0 Å². The first-order chi connectivity index (χ1) is 16.2. The number of amides is 1. The average molecular weight is 601 g/mol. The first-order valence-corrected chi connectivity index (χ1v) is 13.1. The van der Waals surface area contributed by atoms with E-state index in [9.17, 15) is 9.90 Å². The highest BCUT2D eigenvalue weighted by Gasteiger charge is 2.41. The summed E-state index contributed by atoms with van der Waals surface area (Å²) < 4.78 is 0.999. The molecule has 3 aliphatic rings. The number of hydrogen-bond donors (Lipinski definition) is 2. The van der Waals surface area contributed by atoms with Crippen LogP contribution in [0.2, 0.25) is 0 Å². The molecular formula is C26H36BrCl2N5O2. The number of carbonyl (C=O) groups excluding carboxylic acids is 1. The lowest BCUT2D eigenvalue weighted by Crippen LogP contribution is -2.53. The van der Waals surface area contributed by atoms with Gasteiger partial charge in [-0.3, -0.25) is 4.79 Å². The number of nitrogens with one attached hydrogen (secondary N) is 1. The molecule has 7 nitrogen and oxygen atoms in total. The Balaban J connectivity index is 0.00000180. The summed E-state index contributed by atoms with van der Waals surface area (Å²) >= 11 is 3.59. The second kappa shape index (κ2) is 11.5. The monoisotopic (exact) mass is 599 g/mol. The van der Waals surface area contributed by atoms with Gasteiger partial charge in [-0.1, -0.05) is 35.0 Å². The highest BCUT2D eigenvalue weighted by Crippen LogP contribution is 2.43. The van der Waals surface area contributed by atoms with Crippen LogP contribution < -0.4 is 10.2 Å². The van der Waals surface area contributed by atoms with Gasteiger partial charge in [-0.2, -0.15) is 0 Å². The van der Waals surface area contributed by atoms with Crippen LogP contribution in [0.1, 0.15) is 74.8 Å². The SMILES string of the molecule is C[C@@H]1C[C@@H](O)c2ncnc(N3CCN(C(=O)[C@@H](c4cccc(Br)c4)[C@@H]4CCC(C)(C)N4)CC3)c21.Cl.Cl. The van der Waals surface area contributed by atoms with E-state index in [4.69, 9.17) is 0 Å². The van der Waals surface area contributed by atoms with E-state index < -0.39 is 6.10 Å². The molecule has 0 unspecified atom stereocenters. The second-order valence-corrected chi connectivity index (χ2v) is 11.6. The molecule has 3 heterocycles. The Bertz CT molecular complexity index is 1080. The fraction of sp³-hybridized carbons (Fsp3) is 0.577. The molecule has 10 heteroatoms. The molecule has 2 N–H and O–H groups in total. The summed E-state index contributed by atoms with van der Waals surface area (Å²) in [7, 11) is 0. The maximum atomic E-state index is 13.9. The standard InChI is InChI=1S/C26H34BrN5O2.2ClH/c1-16-13-20(33)23-21(16)24(29-15-28-23)31-9-11-32(12-10-31)25(34)22(17-5-4-6-18(27)14-17)19-7-8-26(2,3)30-19;;/h4-6,14-16,19-20,22,30,33H,7-13H2,1-3H3;2*1H/t16-,19+,20-,22+;;/m1../s1. The Morgan fingerprint density at radius 3 is 2.56 bits per heavy atom. The third-order valence-corrected chi connectivity index (χ3v) is 8.20. The van der Waals surface area contributed by atoms with E-state index >= 15 is 0 Å². The zero-order valence-electron chi connectivity index (χ0n) is 21.0. The van der Waals surface area contributed by atoms with E-state index in [1.165, 1.54) is 0 Å². The highest BCUT2D eigenvalue weighted by molar-refractivity contribution is 9.10. The predicted octanol–water partition coefficient (Wildman–Crippen LogP) is 4.59. The van der Waals surface area contributed by atoms with E-state index in [2.05, 4.69) is 69.0 Å². The number of nitrogens with zero attached hydrogens (tertiary/aromatic N) is 4. The molecule has 1 aliphatic carbocycles. The molecule has 2 aliphatic heterocycles. The first kappa shape index (κ1) is 29.1. The summed E-state index contributed by atoms with van der Waals surface area (Å²) in [5.41, 5.74) is 2.94. The lowest BCUT2D eigenvalue weighted by atomic mass is 9.89. The van der Waals surface area contributed by atoms with Gasteiger partial charge in [0.15, 0.2) is 0 Å². The molecule has 0 spiro atoms. The fourth-order valence-corrected chi connectivity index (χ4v) is 6.37. The van der Waals surface area contributed by atoms with Crippen LogP contribution in [0.15, 0.2) is 35.1 Å². The number of fused-ring (bicyclic) bond motifs is 1. The van der Waals surface area contributed by atoms with Crippen molar-refractivity contribution >= 4 is 52.5 Å². The number of rotatable bonds is 4. The van der Waals surface area contributed by atoms with Crippen LogP contribution in [0.5, 0.6) is 0 Å². The molecule has 0 bridgehead atoms. The smallest absolute Gasteiger partial charge is 0.231 e. The van der Waals surface area contributed by atoms with Crippen LogP contribution in [0, 0.1) is 0 Å². The fourth-order valence-electron chi connectivity index (χ4n) is 5.95. The summed E-state index contributed by atoms with van der Waals surface area (Å²) in [6.07, 6.45) is 3.79. The molecule has 1 aromatic heterocycles. The minimum Gasteiger partial charge on any atom is -0.387 e. The van der Waals surface area contributed by atoms with Gasteiger partial charge in [0.25, 0.3) is 0 Å². The Labute approximate surface area is 234 Å². The third kappa shape index (κ3) is 5.68. The molecule has 2 fully saturated rings. The number of halogens is 3. The molecule has 198 valence electrons. The van der Waals surface area contributed by atoms with Crippen LogP contribution in [-0.2, 0) is 4.79 Å². The van der Waals surface area contributed by atoms with Gasteiger partial charge in [0, 0.05) is 47.8 Å². The lowest BCUT2D eigenvalue weighted by molar-refractivity contribution is -0.133. The molecule has 2 saturated heterocycles. The molecule has 4 atom stereocenters. The van der Waals surface area contributed by atoms with E-state index in [-0.39, 0.29) is 54.1 Å². The summed E-state index contributed by atoms with van der Waals surface area (Å²) in [6, 6.07) is 8.31. The number of anilines is 1. The van der Waals surface area contributed by atoms with Crippen molar-refractivity contribution in [2.45, 2.75) is 69.6 Å². The van der Waals surface area contributed by atoms with Crippen LogP contribution in [0.25, 0.3) is 0 Å². The van der Waals surface area contributed by atoms with Gasteiger partial charge in [-0.05, 0) is 56.7 Å². The van der Waals surface area contributed by atoms with Gasteiger partial charge in [-0.15, -0.1) is 24.8 Å². The van der Waals surface area contributed by atoms with Gasteiger partial charge < -0.3 is 20.2 Å². The van der Waals surface area contributed by atoms with E-state index in [0.29, 0.717) is 19.5 Å². The summed E-state index contributed by atoms with van der Waals surface area (Å²) in [6.45, 7) is 9.34. The van der Waals surface area contributed by atoms with Crippen molar-refractivity contribution < 1.29 is 9.90 Å². The van der Waals surface area contributed by atoms with Crippen LogP contribution >= 0.6 is 40.7 Å². The van der Waals surface area contributed by atoms with E-state index in [1.807, 2.05) is 17.0 Å². The van der Waals surface area contributed by atoms with Crippen molar-refractivity contribution in [3.05, 3.63) is 51.9 Å². The topological polar surface area (TPSA) is 81.6 Å². The molecule has 1 aromatic carbocycles. The number of benzene rings is 1. The van der Waals surface area contributed by atoms with Gasteiger partial charge in [0.05, 0.1) is 17.7 Å². The molecule has 0 saturated carbocycles. The maximum absolute atomic E-state index is 13.9. The average Bonchev–Trinajstić information content (AvgIpc) is 3.32. The largest absolute Gasteiger partial charge is 0.387 e. The zero-order chi connectivity index (χ0) is 24.0. The number of aliphatic hydroxyl groups excluding tert-OH is 1. The van der Waals surface area contributed by atoms with Crippen LogP contribution in [0.3, 0.4) is 0 Å². The summed E-state index contributed by atoms with van der Waals surface area (Å²) in [5, 5.41) is 14.1. The molecule has 0 radical (unpaired) electrons. The van der Waals surface area contributed by atoms with Gasteiger partial charge in [-0.25, -0.2) is 9.97 Å². The number of carbonyl (C=O) groups is 1. The molecular weight excluding hydrogens is 565 g/mol. The molecule has 1 amide bonds. The number of piperazine rings is 1. The van der Waals surface area contributed by atoms with Crippen molar-refractivity contribution in [3.8, 4) is 0 Å². The molecule has 36 heavy (non-hydrogen) atoms. The number of aromatic nitrogens is 2. The summed E-state index contributed by atoms with van der Waals surface area (Å²) in [4.78, 5) is 27.1. The quantitative estimate of drug-likeness (QED) is 0.534. The Morgan fingerprint density at radius 1 is 1.19 bits per heavy atom. The van der Waals surface area contributed by atoms with Crippen molar-refractivity contribution in [3.63, 3.8) is 0 Å². The Hall–Kier alpha value is -1.45. The lowest BCUT2D eigenvalue weighted by Gasteiger charge is -2.39. The summed E-state index contributed by atoms with van der Waals surface area (Å²) in [5.74, 6) is 1.15. The Morgan fingerprint density at radius 2 is 1.92 bits per heavy atom. The van der Waals surface area contributed by atoms with E-state index in [1.54, 1.807) is 6.33 Å². The minimum absolute atomic E-state index is 0. The van der Waals surface area contributed by atoms with Crippen molar-refractivity contribution in [2.75, 3.05) is 31.1 Å². The van der Waals surface area contributed by atoms with Crippen molar-refractivity contribution in [2.24, 2.45) is 0 Å².